The lowest BCUT2D eigenvalue weighted by Crippen LogP contribution is -2.40. The molecule has 0 radical (unpaired) electrons. The quantitative estimate of drug-likeness (QED) is 0.433. The van der Waals surface area contributed by atoms with E-state index in [9.17, 15) is 18.3 Å². The molecule has 0 aliphatic carbocycles. The molecule has 1 aromatic heterocycles. The Labute approximate surface area is 166 Å². The molecule has 3 N–H and O–H groups in total. The Balaban J connectivity index is 1.88. The van der Waals surface area contributed by atoms with Gasteiger partial charge in [0.15, 0.2) is 5.96 Å². The van der Waals surface area contributed by atoms with Crippen LogP contribution in [0.3, 0.4) is 0 Å². The second-order valence-electron chi connectivity index (χ2n) is 6.10. The number of alkyl halides is 3. The number of halogens is 3. The summed E-state index contributed by atoms with van der Waals surface area (Å²) in [6, 6.07) is 9.68. The molecule has 0 aliphatic rings. The van der Waals surface area contributed by atoms with Crippen molar-refractivity contribution in [2.75, 3.05) is 19.7 Å². The molecule has 0 spiro atoms. The molecule has 1 aromatic carbocycles. The van der Waals surface area contributed by atoms with Crippen LogP contribution in [0.1, 0.15) is 17.4 Å². The highest BCUT2D eigenvalue weighted by Gasteiger charge is 2.30. The van der Waals surface area contributed by atoms with E-state index in [1.807, 2.05) is 24.4 Å². The first-order valence-electron chi connectivity index (χ1n) is 8.89. The van der Waals surface area contributed by atoms with E-state index >= 15 is 0 Å². The highest BCUT2D eigenvalue weighted by atomic mass is 32.1. The van der Waals surface area contributed by atoms with Gasteiger partial charge in [0.2, 0.25) is 0 Å². The zero-order valence-electron chi connectivity index (χ0n) is 15.5. The fourth-order valence-corrected chi connectivity index (χ4v) is 3.13. The van der Waals surface area contributed by atoms with Crippen LogP contribution >= 0.6 is 11.3 Å². The predicted octanol–water partition coefficient (Wildman–Crippen LogP) is 3.55. The maximum Gasteiger partial charge on any atom is 0.573 e. The molecule has 9 heteroatoms. The number of rotatable bonds is 9. The van der Waals surface area contributed by atoms with Gasteiger partial charge in [0.1, 0.15) is 5.75 Å². The third-order valence-corrected chi connectivity index (χ3v) is 4.68. The lowest BCUT2D eigenvalue weighted by molar-refractivity contribution is -0.274. The van der Waals surface area contributed by atoms with Crippen molar-refractivity contribution in [3.05, 3.63) is 52.2 Å². The highest BCUT2D eigenvalue weighted by Crippen LogP contribution is 2.23. The number of hydrogen-bond acceptors (Lipinski definition) is 4. The fraction of sp³-hybridized carbons (Fsp3) is 0.421. The maximum atomic E-state index is 12.2. The standard InChI is InChI=1S/C19H24F3N3O2S/c1-2-23-18(25-12-17-4-3-9-28-17)24-11-15(13-26)10-14-5-7-16(8-6-14)27-19(20,21)22/h3-9,15,26H,2,10-13H2,1H3,(H2,23,24,25). The van der Waals surface area contributed by atoms with Crippen LogP contribution in [0, 0.1) is 5.92 Å². The second-order valence-corrected chi connectivity index (χ2v) is 7.13. The molecule has 0 saturated heterocycles. The second kappa shape index (κ2) is 10.9. The van der Waals surface area contributed by atoms with Crippen LogP contribution < -0.4 is 15.4 Å². The van der Waals surface area contributed by atoms with Crippen molar-refractivity contribution in [2.24, 2.45) is 10.9 Å². The van der Waals surface area contributed by atoms with Gasteiger partial charge in [-0.2, -0.15) is 0 Å². The van der Waals surface area contributed by atoms with E-state index in [2.05, 4.69) is 20.4 Å². The van der Waals surface area contributed by atoms with E-state index in [0.717, 1.165) is 10.4 Å². The lowest BCUT2D eigenvalue weighted by Gasteiger charge is -2.18. The number of aliphatic hydroxyl groups excluding tert-OH is 1. The molecule has 0 aliphatic heterocycles. The zero-order chi connectivity index (χ0) is 20.4. The van der Waals surface area contributed by atoms with E-state index in [0.29, 0.717) is 32.0 Å². The van der Waals surface area contributed by atoms with Crippen molar-refractivity contribution >= 4 is 17.3 Å². The van der Waals surface area contributed by atoms with Gasteiger partial charge >= 0.3 is 6.36 Å². The minimum absolute atomic E-state index is 0.0574. The molecular formula is C19H24F3N3O2S. The Hall–Kier alpha value is -2.26. The SMILES string of the molecule is CCNC(=NCc1cccs1)NCC(CO)Cc1ccc(OC(F)(F)F)cc1. The van der Waals surface area contributed by atoms with E-state index in [1.165, 1.54) is 12.1 Å². The molecule has 2 aromatic rings. The summed E-state index contributed by atoms with van der Waals surface area (Å²) in [7, 11) is 0. The molecule has 1 heterocycles. The first kappa shape index (κ1) is 22.0. The van der Waals surface area contributed by atoms with Gasteiger partial charge in [0.25, 0.3) is 0 Å². The van der Waals surface area contributed by atoms with Gasteiger partial charge in [-0.3, -0.25) is 0 Å². The summed E-state index contributed by atoms with van der Waals surface area (Å²) in [6.07, 6.45) is -4.19. The molecule has 1 unspecified atom stereocenters. The average Bonchev–Trinajstić information content (AvgIpc) is 3.16. The minimum atomic E-state index is -4.70. The van der Waals surface area contributed by atoms with E-state index < -0.39 is 6.36 Å². The van der Waals surface area contributed by atoms with Gasteiger partial charge in [-0.25, -0.2) is 4.99 Å². The Morgan fingerprint density at radius 2 is 1.96 bits per heavy atom. The number of ether oxygens (including phenoxy) is 1. The van der Waals surface area contributed by atoms with Crippen LogP contribution in [-0.2, 0) is 13.0 Å². The molecule has 0 amide bonds. The molecule has 2 rings (SSSR count). The Morgan fingerprint density at radius 3 is 2.54 bits per heavy atom. The monoisotopic (exact) mass is 415 g/mol. The molecule has 154 valence electrons. The Bertz CT molecular complexity index is 719. The summed E-state index contributed by atoms with van der Waals surface area (Å²) in [4.78, 5) is 5.67. The number of aliphatic hydroxyl groups is 1. The van der Waals surface area contributed by atoms with Crippen molar-refractivity contribution in [2.45, 2.75) is 26.3 Å². The number of hydrogen-bond donors (Lipinski definition) is 3. The summed E-state index contributed by atoms with van der Waals surface area (Å²) >= 11 is 1.63. The molecule has 0 saturated carbocycles. The van der Waals surface area contributed by atoms with Crippen molar-refractivity contribution < 1.29 is 23.0 Å². The van der Waals surface area contributed by atoms with Crippen LogP contribution in [0.5, 0.6) is 5.75 Å². The third kappa shape index (κ3) is 8.18. The summed E-state index contributed by atoms with van der Waals surface area (Å²) in [5.41, 5.74) is 0.816. The largest absolute Gasteiger partial charge is 0.573 e. The first-order valence-corrected chi connectivity index (χ1v) is 9.77. The van der Waals surface area contributed by atoms with Gasteiger partial charge in [-0.1, -0.05) is 18.2 Å². The van der Waals surface area contributed by atoms with Gasteiger partial charge in [0, 0.05) is 30.5 Å². The average molecular weight is 415 g/mol. The summed E-state index contributed by atoms with van der Waals surface area (Å²) < 4.78 is 40.5. The molecule has 28 heavy (non-hydrogen) atoms. The number of guanidine groups is 1. The van der Waals surface area contributed by atoms with Crippen molar-refractivity contribution in [3.8, 4) is 5.75 Å². The van der Waals surface area contributed by atoms with E-state index in [1.54, 1.807) is 23.5 Å². The van der Waals surface area contributed by atoms with Gasteiger partial charge in [0.05, 0.1) is 6.54 Å². The summed E-state index contributed by atoms with van der Waals surface area (Å²) in [6.45, 7) is 3.67. The topological polar surface area (TPSA) is 65.9 Å². The summed E-state index contributed by atoms with van der Waals surface area (Å²) in [5, 5.41) is 18.0. The molecular weight excluding hydrogens is 391 g/mol. The van der Waals surface area contributed by atoms with Crippen molar-refractivity contribution in [3.63, 3.8) is 0 Å². The first-order chi connectivity index (χ1) is 13.4. The van der Waals surface area contributed by atoms with Crippen molar-refractivity contribution in [1.82, 2.24) is 10.6 Å². The smallest absolute Gasteiger partial charge is 0.406 e. The summed E-state index contributed by atoms with van der Waals surface area (Å²) in [5.74, 6) is 0.285. The molecule has 0 bridgehead atoms. The number of nitrogens with one attached hydrogen (secondary N) is 2. The van der Waals surface area contributed by atoms with E-state index in [-0.39, 0.29) is 18.3 Å². The normalized spacial score (nSPS) is 13.2. The van der Waals surface area contributed by atoms with Crippen LogP contribution in [0.2, 0.25) is 0 Å². The number of nitrogens with zero attached hydrogens (tertiary/aromatic N) is 1. The molecule has 1 atom stereocenters. The lowest BCUT2D eigenvalue weighted by atomic mass is 10.00. The van der Waals surface area contributed by atoms with Gasteiger partial charge < -0.3 is 20.5 Å². The Kier molecular flexibility index (Phi) is 8.59. The van der Waals surface area contributed by atoms with Crippen LogP contribution in [0.15, 0.2) is 46.8 Å². The molecule has 5 nitrogen and oxygen atoms in total. The van der Waals surface area contributed by atoms with Gasteiger partial charge in [-0.15, -0.1) is 24.5 Å². The van der Waals surface area contributed by atoms with Crippen molar-refractivity contribution in [1.29, 1.82) is 0 Å². The predicted molar refractivity (Wildman–Crippen MR) is 105 cm³/mol. The fourth-order valence-electron chi connectivity index (χ4n) is 2.50. The number of benzene rings is 1. The maximum absolute atomic E-state index is 12.2. The Morgan fingerprint density at radius 1 is 1.21 bits per heavy atom. The van der Waals surface area contributed by atoms with Crippen LogP contribution in [0.25, 0.3) is 0 Å². The van der Waals surface area contributed by atoms with Crippen LogP contribution in [-0.4, -0.2) is 37.1 Å². The highest BCUT2D eigenvalue weighted by molar-refractivity contribution is 7.09. The van der Waals surface area contributed by atoms with Gasteiger partial charge in [-0.05, 0) is 42.5 Å². The molecule has 0 fully saturated rings. The minimum Gasteiger partial charge on any atom is -0.406 e. The third-order valence-electron chi connectivity index (χ3n) is 3.82. The van der Waals surface area contributed by atoms with E-state index in [4.69, 9.17) is 0 Å². The van der Waals surface area contributed by atoms with Crippen LogP contribution in [0.4, 0.5) is 13.2 Å². The number of thiophene rings is 1. The zero-order valence-corrected chi connectivity index (χ0v) is 16.3. The number of aliphatic imine (C=N–C) groups is 1.